The van der Waals surface area contributed by atoms with Crippen molar-refractivity contribution in [2.24, 2.45) is 0 Å². The highest BCUT2D eigenvalue weighted by atomic mass is 32.2. The van der Waals surface area contributed by atoms with Crippen LogP contribution in [0.1, 0.15) is 97.1 Å². The van der Waals surface area contributed by atoms with Crippen LogP contribution >= 0.6 is 0 Å². The van der Waals surface area contributed by atoms with Crippen molar-refractivity contribution in [2.75, 3.05) is 0 Å². The molecule has 21 heteroatoms. The van der Waals surface area contributed by atoms with E-state index in [9.17, 15) is 20.6 Å². The third-order valence-corrected chi connectivity index (χ3v) is 16.0. The van der Waals surface area contributed by atoms with Gasteiger partial charge in [0.05, 0.1) is 5.56 Å². The van der Waals surface area contributed by atoms with Crippen LogP contribution in [0.5, 0.6) is 57.6 Å². The molecule has 0 radical (unpaired) electrons. The van der Waals surface area contributed by atoms with E-state index in [1.165, 1.54) is 24.3 Å². The lowest BCUT2D eigenvalue weighted by atomic mass is 9.73. The summed E-state index contributed by atoms with van der Waals surface area (Å²) in [5.41, 5.74) is -2.13. The van der Waals surface area contributed by atoms with E-state index in [1.807, 2.05) is 64.1 Å². The first kappa shape index (κ1) is 70.2. The zero-order valence-corrected chi connectivity index (χ0v) is 54.4. The van der Waals surface area contributed by atoms with Crippen molar-refractivity contribution in [1.29, 1.82) is 15.8 Å². The molecule has 1 heterocycles. The summed E-state index contributed by atoms with van der Waals surface area (Å²) in [7, 11) is -3.11. The molecule has 0 saturated carbocycles. The minimum absolute atomic E-state index is 0.0105. The summed E-state index contributed by atoms with van der Waals surface area (Å²) in [6.07, 6.45) is -10.2. The predicted molar refractivity (Wildman–Crippen MR) is 359 cm³/mol. The van der Waals surface area contributed by atoms with E-state index in [1.54, 1.807) is 147 Å². The molecule has 0 aliphatic rings. The molecular formula is C79H54F6N4O10S. The maximum Gasteiger partial charge on any atom is 0.425 e. The molecule has 0 N–H and O–H groups in total. The van der Waals surface area contributed by atoms with E-state index in [2.05, 4.69) is 11.1 Å². The van der Waals surface area contributed by atoms with E-state index in [0.29, 0.717) is 86.0 Å². The number of hydrogen-bond donors (Lipinski definition) is 0. The van der Waals surface area contributed by atoms with Crippen LogP contribution in [0.3, 0.4) is 0 Å². The predicted octanol–water partition coefficient (Wildman–Crippen LogP) is 19.8. The monoisotopic (exact) mass is 1360 g/mol. The van der Waals surface area contributed by atoms with E-state index in [-0.39, 0.29) is 74.0 Å². The summed E-state index contributed by atoms with van der Waals surface area (Å²) >= 11 is 0. The van der Waals surface area contributed by atoms with Gasteiger partial charge in [0.2, 0.25) is 11.3 Å². The van der Waals surface area contributed by atoms with Gasteiger partial charge in [-0.15, -0.1) is 12.6 Å². The number of aromatic nitrogens is 1. The molecule has 100 heavy (non-hydrogen) atoms. The largest absolute Gasteiger partial charge is 0.456 e. The van der Waals surface area contributed by atoms with Gasteiger partial charge in [0, 0.05) is 45.6 Å². The summed E-state index contributed by atoms with van der Waals surface area (Å²) in [5, 5.41) is 31.2. The normalized spacial score (nSPS) is 11.3. The Bertz CT molecular complexity index is 5140. The molecule has 0 spiro atoms. The van der Waals surface area contributed by atoms with Crippen LogP contribution in [0, 0.1) is 47.8 Å². The third-order valence-electron chi connectivity index (χ3n) is 16.0. The minimum atomic E-state index is -5.92. The number of carbonyl (C=O) groups excluding carboxylic acids is 2. The highest BCUT2D eigenvalue weighted by Gasteiger charge is 2.72. The van der Waals surface area contributed by atoms with Gasteiger partial charge in [-0.25, -0.2) is 4.98 Å². The molecular weight excluding hydrogens is 1310 g/mol. The van der Waals surface area contributed by atoms with Crippen LogP contribution in [0.25, 0.3) is 22.3 Å². The Kier molecular flexibility index (Phi) is 20.6. The van der Waals surface area contributed by atoms with Crippen LogP contribution in [-0.4, -0.2) is 41.5 Å². The Hall–Kier alpha value is -12.6. The first-order valence-electron chi connectivity index (χ1n) is 30.3. The fraction of sp³-hybridized carbons (Fsp3) is 0.114. The van der Waals surface area contributed by atoms with Crippen LogP contribution in [0.4, 0.5) is 26.3 Å². The van der Waals surface area contributed by atoms with Crippen molar-refractivity contribution in [3.8, 4) is 98.1 Å². The summed E-state index contributed by atoms with van der Waals surface area (Å²) in [6.45, 7) is 9.26. The standard InChI is InChI=1S/C79H54F6N4O7.O3S/c1-48-23-38-59(62(42-48)74(90)50-15-7-6-8-16-50)52-26-39-61(63(43-52)75(91)51-24-31-57(32-25-51)95-73-22-9-10-41-89-73)60-17-12-19-69(65(60)46-87)94-58-37-40-72(67(44-58)76(3,4)5)96-71-21-13-20-70(66(71)47-88)93-56-35-29-54(30-36-56)77(78(80,81)82,79(83,84)85)53-27-33-55(34-28-53)92-68-18-11-14-49(2)64(68)45-86;1-4(2)3/h6-44H,1-5H3;. The van der Waals surface area contributed by atoms with Crippen molar-refractivity contribution in [1.82, 2.24) is 4.98 Å². The number of rotatable bonds is 18. The van der Waals surface area contributed by atoms with Gasteiger partial charge in [0.15, 0.2) is 11.6 Å². The number of nitriles is 3. The van der Waals surface area contributed by atoms with Crippen LogP contribution < -0.4 is 23.7 Å². The Balaban J connectivity index is 0.00000263. The molecule has 14 nitrogen and oxygen atoms in total. The molecule has 498 valence electrons. The molecule has 10 aromatic carbocycles. The minimum Gasteiger partial charge on any atom is -0.456 e. The first-order valence-corrected chi connectivity index (χ1v) is 31.3. The van der Waals surface area contributed by atoms with E-state index in [4.69, 9.17) is 36.3 Å². The van der Waals surface area contributed by atoms with Crippen molar-refractivity contribution in [3.05, 3.63) is 303 Å². The second-order valence-electron chi connectivity index (χ2n) is 23.5. The van der Waals surface area contributed by atoms with Crippen molar-refractivity contribution in [2.45, 2.75) is 57.8 Å². The maximum absolute atomic E-state index is 15.3. The van der Waals surface area contributed by atoms with E-state index >= 15 is 31.1 Å². The van der Waals surface area contributed by atoms with Crippen LogP contribution in [-0.2, 0) is 21.4 Å². The summed E-state index contributed by atoms with van der Waals surface area (Å²) < 4.78 is 148. The van der Waals surface area contributed by atoms with Gasteiger partial charge in [-0.2, -0.15) is 42.1 Å². The number of benzene rings is 10. The Morgan fingerprint density at radius 1 is 0.420 bits per heavy atom. The third kappa shape index (κ3) is 15.1. The topological polar surface area (TPSA) is 216 Å². The zero-order chi connectivity index (χ0) is 71.7. The number of halogens is 6. The quantitative estimate of drug-likeness (QED) is 0.0577. The molecule has 0 fully saturated rings. The SMILES string of the molecule is Cc1ccc(-c2ccc(-c3cccc(Oc4ccc(Oc5cccc(Oc6ccc(C(c7ccc(Oc8cccc(C)c8C#N)cc7)(C(F)(F)F)C(F)(F)F)cc6)c5C#N)c(C(C)(C)C)c4)c3C#N)c(C(=O)c3ccc(Oc4ccccn4)cc3)c2)c(C(=O)c2ccccc2)c1.O=S(=O)=O. The number of hydrogen-bond acceptors (Lipinski definition) is 14. The molecule has 0 saturated heterocycles. The lowest BCUT2D eigenvalue weighted by Crippen LogP contribution is -2.54. The van der Waals surface area contributed by atoms with Gasteiger partial charge in [-0.1, -0.05) is 142 Å². The number of pyridine rings is 1. The lowest BCUT2D eigenvalue weighted by Gasteiger charge is -2.38. The van der Waals surface area contributed by atoms with Gasteiger partial charge in [0.25, 0.3) is 0 Å². The smallest absolute Gasteiger partial charge is 0.425 e. The molecule has 0 bridgehead atoms. The van der Waals surface area contributed by atoms with Crippen molar-refractivity contribution in [3.63, 3.8) is 0 Å². The highest BCUT2D eigenvalue weighted by Crippen LogP contribution is 2.57. The van der Waals surface area contributed by atoms with Gasteiger partial charge in [-0.3, -0.25) is 9.59 Å². The van der Waals surface area contributed by atoms with Crippen molar-refractivity contribution < 1.29 is 72.2 Å². The Morgan fingerprint density at radius 2 is 0.890 bits per heavy atom. The molecule has 11 rings (SSSR count). The van der Waals surface area contributed by atoms with Crippen LogP contribution in [0.15, 0.2) is 237 Å². The average molecular weight is 1370 g/mol. The Labute approximate surface area is 571 Å². The fourth-order valence-electron chi connectivity index (χ4n) is 11.2. The number of ether oxygens (including phenoxy) is 5. The number of alkyl halides is 6. The van der Waals surface area contributed by atoms with E-state index in [0.717, 1.165) is 29.8 Å². The number of nitrogens with zero attached hydrogens (tertiary/aromatic N) is 4. The average Bonchev–Trinajstić information content (AvgIpc) is 0.715. The van der Waals surface area contributed by atoms with Gasteiger partial charge < -0.3 is 23.7 Å². The summed E-state index contributed by atoms with van der Waals surface area (Å²) in [4.78, 5) is 33.4. The zero-order valence-electron chi connectivity index (χ0n) is 53.6. The highest BCUT2D eigenvalue weighted by molar-refractivity contribution is 7.59. The summed E-state index contributed by atoms with van der Waals surface area (Å²) in [5.74, 6) is 0.489. The number of ketones is 2. The molecule has 0 amide bonds. The van der Waals surface area contributed by atoms with Gasteiger partial charge in [-0.05, 0) is 162 Å². The molecule has 1 aromatic heterocycles. The first-order chi connectivity index (χ1) is 47.7. The molecule has 0 unspecified atom stereocenters. The number of carbonyl (C=O) groups is 2. The van der Waals surface area contributed by atoms with Gasteiger partial charge >= 0.3 is 23.0 Å². The molecule has 11 aromatic rings. The molecule has 0 aliphatic heterocycles. The van der Waals surface area contributed by atoms with Crippen LogP contribution in [0.2, 0.25) is 0 Å². The van der Waals surface area contributed by atoms with Crippen molar-refractivity contribution >= 4 is 22.2 Å². The molecule has 0 aliphatic carbocycles. The summed E-state index contributed by atoms with van der Waals surface area (Å²) in [6, 6.07) is 63.3. The van der Waals surface area contributed by atoms with E-state index < -0.39 is 50.7 Å². The maximum atomic E-state index is 15.3. The Morgan fingerprint density at radius 3 is 1.44 bits per heavy atom. The number of aryl methyl sites for hydroxylation is 2. The molecule has 0 atom stereocenters. The lowest BCUT2D eigenvalue weighted by molar-refractivity contribution is -0.288. The fourth-order valence-corrected chi connectivity index (χ4v) is 11.2. The second kappa shape index (κ2) is 29.4. The second-order valence-corrected chi connectivity index (χ2v) is 23.9. The van der Waals surface area contributed by atoms with Gasteiger partial charge in [0.1, 0.15) is 81.1 Å².